The summed E-state index contributed by atoms with van der Waals surface area (Å²) in [6, 6.07) is 5.21. The van der Waals surface area contributed by atoms with Crippen molar-refractivity contribution in [1.29, 1.82) is 5.41 Å². The molecule has 8 nitrogen and oxygen atoms in total. The number of hydrogen-bond acceptors (Lipinski definition) is 5. The van der Waals surface area contributed by atoms with Gasteiger partial charge in [-0.3, -0.25) is 19.4 Å². The maximum Gasteiger partial charge on any atom is 0.267 e. The Hall–Kier alpha value is -3.26. The van der Waals surface area contributed by atoms with Crippen molar-refractivity contribution < 1.29 is 4.79 Å². The van der Waals surface area contributed by atoms with Gasteiger partial charge in [-0.15, -0.1) is 6.58 Å². The first-order chi connectivity index (χ1) is 13.9. The Morgan fingerprint density at radius 1 is 1.28 bits per heavy atom. The van der Waals surface area contributed by atoms with Gasteiger partial charge >= 0.3 is 0 Å². The summed E-state index contributed by atoms with van der Waals surface area (Å²) in [6.45, 7) is 8.70. The minimum Gasteiger partial charge on any atom is -0.336 e. The van der Waals surface area contributed by atoms with E-state index in [1.54, 1.807) is 27.8 Å². The van der Waals surface area contributed by atoms with E-state index in [1.165, 1.54) is 10.5 Å². The predicted molar refractivity (Wildman–Crippen MR) is 111 cm³/mol. The molecule has 0 atom stereocenters. The van der Waals surface area contributed by atoms with Crippen molar-refractivity contribution in [1.82, 2.24) is 23.8 Å². The molecule has 3 aromatic rings. The molecular weight excluding hydrogens is 368 g/mol. The fourth-order valence-corrected chi connectivity index (χ4v) is 3.75. The van der Waals surface area contributed by atoms with Gasteiger partial charge < -0.3 is 14.4 Å². The Kier molecular flexibility index (Phi) is 4.79. The maximum atomic E-state index is 13.2. The first kappa shape index (κ1) is 19.1. The van der Waals surface area contributed by atoms with Crippen LogP contribution >= 0.6 is 0 Å². The third-order valence-electron chi connectivity index (χ3n) is 5.47. The van der Waals surface area contributed by atoms with Gasteiger partial charge in [0.25, 0.3) is 11.5 Å². The van der Waals surface area contributed by atoms with E-state index in [9.17, 15) is 9.59 Å². The van der Waals surface area contributed by atoms with Crippen molar-refractivity contribution in [3.8, 4) is 0 Å². The van der Waals surface area contributed by atoms with Crippen LogP contribution in [0.15, 0.2) is 41.8 Å². The first-order valence-electron chi connectivity index (χ1n) is 9.61. The van der Waals surface area contributed by atoms with Crippen LogP contribution in [-0.4, -0.2) is 62.9 Å². The van der Waals surface area contributed by atoms with Gasteiger partial charge in [-0.1, -0.05) is 12.1 Å². The van der Waals surface area contributed by atoms with Crippen molar-refractivity contribution in [2.75, 3.05) is 33.2 Å². The number of nitrogens with one attached hydrogen (secondary N) is 1. The number of carbonyl (C=O) groups excluding carboxylic acids is 1. The van der Waals surface area contributed by atoms with Crippen LogP contribution in [0.25, 0.3) is 16.7 Å². The molecule has 1 amide bonds. The van der Waals surface area contributed by atoms with E-state index in [0.29, 0.717) is 29.8 Å². The molecule has 3 aromatic heterocycles. The number of carbonyl (C=O) groups is 1. The average Bonchev–Trinajstić information content (AvgIpc) is 2.71. The van der Waals surface area contributed by atoms with Gasteiger partial charge in [-0.05, 0) is 31.7 Å². The molecule has 1 saturated heterocycles. The van der Waals surface area contributed by atoms with Crippen LogP contribution in [0.4, 0.5) is 0 Å². The van der Waals surface area contributed by atoms with Crippen molar-refractivity contribution in [2.24, 2.45) is 0 Å². The lowest BCUT2D eigenvalue weighted by Gasteiger charge is -2.32. The van der Waals surface area contributed by atoms with Crippen LogP contribution in [-0.2, 0) is 6.54 Å². The number of fused-ring (bicyclic) bond motifs is 2. The summed E-state index contributed by atoms with van der Waals surface area (Å²) in [5, 5.41) is 8.98. The minimum atomic E-state index is -0.251. The average molecular weight is 392 g/mol. The van der Waals surface area contributed by atoms with Crippen molar-refractivity contribution in [3.05, 3.63) is 64.0 Å². The minimum absolute atomic E-state index is 0.0474. The third kappa shape index (κ3) is 3.15. The molecule has 0 spiro atoms. The van der Waals surface area contributed by atoms with E-state index in [1.807, 2.05) is 20.0 Å². The van der Waals surface area contributed by atoms with E-state index in [2.05, 4.69) is 16.5 Å². The normalized spacial score (nSPS) is 15.2. The Morgan fingerprint density at radius 2 is 2.00 bits per heavy atom. The number of piperazine rings is 1. The predicted octanol–water partition coefficient (Wildman–Crippen LogP) is 1.01. The number of rotatable bonds is 3. The van der Waals surface area contributed by atoms with Crippen LogP contribution in [0.5, 0.6) is 0 Å². The summed E-state index contributed by atoms with van der Waals surface area (Å²) in [5.41, 5.74) is 1.81. The molecule has 0 aliphatic carbocycles. The molecule has 150 valence electrons. The molecule has 0 bridgehead atoms. The molecule has 1 N–H and O–H groups in total. The number of nitrogens with zero attached hydrogens (tertiary/aromatic N) is 5. The number of aryl methyl sites for hydroxylation is 1. The summed E-state index contributed by atoms with van der Waals surface area (Å²) in [4.78, 5) is 34.9. The van der Waals surface area contributed by atoms with Crippen molar-refractivity contribution in [2.45, 2.75) is 13.5 Å². The molecule has 29 heavy (non-hydrogen) atoms. The smallest absolute Gasteiger partial charge is 0.267 e. The lowest BCUT2D eigenvalue weighted by atomic mass is 10.1. The monoisotopic (exact) mass is 392 g/mol. The van der Waals surface area contributed by atoms with E-state index in [-0.39, 0.29) is 29.1 Å². The molecule has 0 radical (unpaired) electrons. The third-order valence-corrected chi connectivity index (χ3v) is 5.47. The molecule has 0 saturated carbocycles. The van der Waals surface area contributed by atoms with Gasteiger partial charge in [0.05, 0.1) is 10.9 Å². The van der Waals surface area contributed by atoms with E-state index >= 15 is 0 Å². The highest BCUT2D eigenvalue weighted by Crippen LogP contribution is 2.14. The quantitative estimate of drug-likeness (QED) is 0.532. The summed E-state index contributed by atoms with van der Waals surface area (Å²) in [6.07, 6.45) is 3.31. The van der Waals surface area contributed by atoms with Crippen LogP contribution in [0, 0.1) is 12.3 Å². The number of hydrogen-bond donors (Lipinski definition) is 1. The summed E-state index contributed by atoms with van der Waals surface area (Å²) < 4.78 is 3.07. The maximum absolute atomic E-state index is 13.2. The molecule has 8 heteroatoms. The van der Waals surface area contributed by atoms with Crippen LogP contribution < -0.4 is 11.0 Å². The van der Waals surface area contributed by atoms with Crippen LogP contribution in [0.1, 0.15) is 15.9 Å². The van der Waals surface area contributed by atoms with Gasteiger partial charge in [0, 0.05) is 38.9 Å². The Balaban J connectivity index is 1.98. The lowest BCUT2D eigenvalue weighted by molar-refractivity contribution is 0.0661. The lowest BCUT2D eigenvalue weighted by Crippen LogP contribution is -2.48. The van der Waals surface area contributed by atoms with Crippen molar-refractivity contribution >= 4 is 22.6 Å². The molecule has 0 unspecified atom stereocenters. The van der Waals surface area contributed by atoms with E-state index in [0.717, 1.165) is 18.7 Å². The highest BCUT2D eigenvalue weighted by Gasteiger charge is 2.24. The van der Waals surface area contributed by atoms with Gasteiger partial charge in [-0.25, -0.2) is 4.98 Å². The largest absolute Gasteiger partial charge is 0.336 e. The van der Waals surface area contributed by atoms with Crippen molar-refractivity contribution in [3.63, 3.8) is 0 Å². The molecule has 4 heterocycles. The molecular formula is C21H24N6O2. The molecule has 0 aromatic carbocycles. The van der Waals surface area contributed by atoms with Gasteiger partial charge in [0.15, 0.2) is 0 Å². The zero-order chi connectivity index (χ0) is 20.7. The number of aromatic nitrogens is 3. The van der Waals surface area contributed by atoms with Crippen LogP contribution in [0.3, 0.4) is 0 Å². The second-order valence-corrected chi connectivity index (χ2v) is 7.44. The second kappa shape index (κ2) is 7.29. The van der Waals surface area contributed by atoms with E-state index < -0.39 is 0 Å². The van der Waals surface area contributed by atoms with Gasteiger partial charge in [0.2, 0.25) is 0 Å². The molecule has 1 aliphatic heterocycles. The molecule has 1 fully saturated rings. The number of amides is 1. The van der Waals surface area contributed by atoms with Gasteiger partial charge in [-0.2, -0.15) is 0 Å². The summed E-state index contributed by atoms with van der Waals surface area (Å²) in [5.74, 6) is -0.225. The summed E-state index contributed by atoms with van der Waals surface area (Å²) in [7, 11) is 2.02. The standard InChI is InChI=1S/C21H24N6O2/c1-4-7-26-17(22)15(20(28)25-11-9-24(3)10-12-25)13-16-19(26)23-18-14(2)6-5-8-27(18)21(16)29/h4-6,8,13,22H,1,7,9-12H2,2-3H3. The van der Waals surface area contributed by atoms with Crippen LogP contribution in [0.2, 0.25) is 0 Å². The van der Waals surface area contributed by atoms with Gasteiger partial charge in [0.1, 0.15) is 16.8 Å². The number of likely N-dealkylation sites (N-methyl/N-ethyl adjacent to an activating group) is 1. The fourth-order valence-electron chi connectivity index (χ4n) is 3.75. The highest BCUT2D eigenvalue weighted by atomic mass is 16.2. The second-order valence-electron chi connectivity index (χ2n) is 7.44. The Morgan fingerprint density at radius 3 is 2.69 bits per heavy atom. The molecule has 4 rings (SSSR count). The summed E-state index contributed by atoms with van der Waals surface area (Å²) >= 11 is 0. The zero-order valence-corrected chi connectivity index (χ0v) is 16.7. The molecule has 1 aliphatic rings. The topological polar surface area (TPSA) is 86.7 Å². The highest BCUT2D eigenvalue weighted by molar-refractivity contribution is 5.97. The fraction of sp³-hybridized carbons (Fsp3) is 0.333. The Labute approximate surface area is 167 Å². The zero-order valence-electron chi connectivity index (χ0n) is 16.7. The first-order valence-corrected chi connectivity index (χ1v) is 9.61. The Bertz CT molecular complexity index is 1250. The van der Waals surface area contributed by atoms with E-state index in [4.69, 9.17) is 5.41 Å². The SMILES string of the molecule is C=CCn1c(=N)c(C(=O)N2CCN(C)CC2)cc2c(=O)n3cccc(C)c3nc21. The number of allylic oxidation sites excluding steroid dienone is 1. The number of pyridine rings is 2.